The highest BCUT2D eigenvalue weighted by molar-refractivity contribution is 6.05. The number of carbonyl (C=O) groups is 2. The number of hydrogen-bond donors (Lipinski definition) is 2. The molecule has 2 N–H and O–H groups in total. The van der Waals surface area contributed by atoms with Crippen LogP contribution in [0.15, 0.2) is 66.7 Å². The van der Waals surface area contributed by atoms with E-state index in [0.29, 0.717) is 17.8 Å². The molecule has 0 radical (unpaired) electrons. The Kier molecular flexibility index (Phi) is 4.90. The van der Waals surface area contributed by atoms with Gasteiger partial charge in [-0.15, -0.1) is 0 Å². The molecule has 0 saturated carbocycles. The Hall–Kier alpha value is -3.67. The van der Waals surface area contributed by atoms with E-state index < -0.39 is 11.7 Å². The van der Waals surface area contributed by atoms with Crippen LogP contribution < -0.4 is 15.5 Å². The molecule has 2 aliphatic heterocycles. The number of amides is 2. The van der Waals surface area contributed by atoms with Crippen LogP contribution in [-0.4, -0.2) is 18.4 Å². The fraction of sp³-hybridized carbons (Fsp3) is 0.200. The second kappa shape index (κ2) is 7.87. The summed E-state index contributed by atoms with van der Waals surface area (Å²) in [7, 11) is 0. The summed E-state index contributed by atoms with van der Waals surface area (Å²) in [5.74, 6) is -1.67. The van der Waals surface area contributed by atoms with Gasteiger partial charge in [-0.3, -0.25) is 9.59 Å². The van der Waals surface area contributed by atoms with Gasteiger partial charge >= 0.3 is 0 Å². The number of benzene rings is 3. The summed E-state index contributed by atoms with van der Waals surface area (Å²) >= 11 is 0. The Balaban J connectivity index is 1.38. The molecule has 2 heterocycles. The molecule has 0 spiro atoms. The van der Waals surface area contributed by atoms with Crippen LogP contribution in [0, 0.1) is 5.82 Å². The second-order valence-electron chi connectivity index (χ2n) is 7.98. The lowest BCUT2D eigenvalue weighted by atomic mass is 9.89. The average molecular weight is 415 g/mol. The van der Waals surface area contributed by atoms with E-state index in [1.54, 1.807) is 6.07 Å². The first-order valence-electron chi connectivity index (χ1n) is 10.4. The highest BCUT2D eigenvalue weighted by Gasteiger charge is 2.31. The first-order chi connectivity index (χ1) is 15.1. The number of nitrogens with one attached hydrogen (secondary N) is 2. The molecule has 2 aliphatic rings. The molecule has 5 rings (SSSR count). The Morgan fingerprint density at radius 2 is 1.90 bits per heavy atom. The summed E-state index contributed by atoms with van der Waals surface area (Å²) in [6.45, 7) is 1.61. The van der Waals surface area contributed by atoms with Crippen LogP contribution >= 0.6 is 0 Å². The number of para-hydroxylation sites is 2. The van der Waals surface area contributed by atoms with Crippen LogP contribution in [0.3, 0.4) is 0 Å². The first-order valence-corrected chi connectivity index (χ1v) is 10.4. The normalized spacial score (nSPS) is 17.0. The standard InChI is InChI=1S/C25H22FN3O2/c26-18-9-10-19-20(14-24(30)27-22(19)13-18)25(31)28-21-7-3-1-6-17(21)15-29-12-11-16-5-2-4-8-23(16)29/h1-10,13,20H,11-12,14-15H2,(H,27,30)(H,28,31)/t20-/m1/s1. The van der Waals surface area contributed by atoms with Crippen LogP contribution in [0.25, 0.3) is 0 Å². The minimum Gasteiger partial charge on any atom is -0.367 e. The molecule has 0 saturated heterocycles. The predicted octanol–water partition coefficient (Wildman–Crippen LogP) is 4.45. The molecule has 0 aliphatic carbocycles. The fourth-order valence-corrected chi connectivity index (χ4v) is 4.45. The van der Waals surface area contributed by atoms with Gasteiger partial charge in [0.05, 0.1) is 5.92 Å². The van der Waals surface area contributed by atoms with E-state index in [9.17, 15) is 14.0 Å². The minimum atomic E-state index is -0.662. The summed E-state index contributed by atoms with van der Waals surface area (Å²) in [4.78, 5) is 27.6. The molecule has 0 unspecified atom stereocenters. The zero-order chi connectivity index (χ0) is 21.4. The lowest BCUT2D eigenvalue weighted by Crippen LogP contribution is -2.31. The predicted molar refractivity (Wildman–Crippen MR) is 119 cm³/mol. The van der Waals surface area contributed by atoms with Crippen molar-refractivity contribution in [3.63, 3.8) is 0 Å². The molecule has 3 aromatic rings. The molecule has 0 fully saturated rings. The largest absolute Gasteiger partial charge is 0.367 e. The lowest BCUT2D eigenvalue weighted by Gasteiger charge is -2.26. The van der Waals surface area contributed by atoms with E-state index in [0.717, 1.165) is 24.2 Å². The number of carbonyl (C=O) groups excluding carboxylic acids is 2. The first kappa shape index (κ1) is 19.3. The molecular formula is C25H22FN3O2. The molecule has 156 valence electrons. The van der Waals surface area contributed by atoms with Gasteiger partial charge in [-0.1, -0.05) is 42.5 Å². The Morgan fingerprint density at radius 3 is 2.81 bits per heavy atom. The smallest absolute Gasteiger partial charge is 0.232 e. The van der Waals surface area contributed by atoms with Gasteiger partial charge in [0.2, 0.25) is 11.8 Å². The molecule has 31 heavy (non-hydrogen) atoms. The summed E-state index contributed by atoms with van der Waals surface area (Å²) in [6, 6.07) is 20.2. The van der Waals surface area contributed by atoms with E-state index in [1.165, 1.54) is 23.4 Å². The van der Waals surface area contributed by atoms with Crippen molar-refractivity contribution < 1.29 is 14.0 Å². The van der Waals surface area contributed by atoms with Gasteiger partial charge in [0.1, 0.15) is 5.82 Å². The summed E-state index contributed by atoms with van der Waals surface area (Å²) in [5, 5.41) is 5.67. The van der Waals surface area contributed by atoms with Gasteiger partial charge < -0.3 is 15.5 Å². The third kappa shape index (κ3) is 3.77. The van der Waals surface area contributed by atoms with Crippen molar-refractivity contribution in [2.24, 2.45) is 0 Å². The van der Waals surface area contributed by atoms with Gasteiger partial charge in [0.25, 0.3) is 0 Å². The van der Waals surface area contributed by atoms with Crippen LogP contribution in [-0.2, 0) is 22.6 Å². The van der Waals surface area contributed by atoms with Crippen molar-refractivity contribution >= 4 is 28.9 Å². The van der Waals surface area contributed by atoms with Crippen molar-refractivity contribution in [3.05, 3.63) is 89.2 Å². The number of fused-ring (bicyclic) bond motifs is 2. The van der Waals surface area contributed by atoms with Gasteiger partial charge in [0.15, 0.2) is 0 Å². The Labute approximate surface area is 179 Å². The molecular weight excluding hydrogens is 393 g/mol. The van der Waals surface area contributed by atoms with E-state index in [1.807, 2.05) is 30.3 Å². The quantitative estimate of drug-likeness (QED) is 0.662. The summed E-state index contributed by atoms with van der Waals surface area (Å²) in [6.07, 6.45) is 1.04. The van der Waals surface area contributed by atoms with Crippen molar-refractivity contribution in [3.8, 4) is 0 Å². The van der Waals surface area contributed by atoms with E-state index in [2.05, 4.69) is 33.7 Å². The van der Waals surface area contributed by atoms with Crippen molar-refractivity contribution in [1.29, 1.82) is 0 Å². The highest BCUT2D eigenvalue weighted by Crippen LogP contribution is 2.34. The summed E-state index contributed by atoms with van der Waals surface area (Å²) in [5.41, 5.74) is 5.28. The number of halogens is 1. The fourth-order valence-electron chi connectivity index (χ4n) is 4.45. The average Bonchev–Trinajstić information content (AvgIpc) is 3.17. The molecule has 0 bridgehead atoms. The van der Waals surface area contributed by atoms with E-state index in [4.69, 9.17) is 0 Å². The SMILES string of the molecule is O=C1C[C@@H](C(=O)Nc2ccccc2CN2CCc3ccccc32)c2ccc(F)cc2N1. The molecule has 3 aromatic carbocycles. The molecule has 2 amide bonds. The van der Waals surface area contributed by atoms with Gasteiger partial charge in [-0.2, -0.15) is 0 Å². The maximum absolute atomic E-state index is 13.6. The zero-order valence-corrected chi connectivity index (χ0v) is 16.9. The van der Waals surface area contributed by atoms with Gasteiger partial charge in [0, 0.05) is 36.6 Å². The lowest BCUT2D eigenvalue weighted by molar-refractivity contribution is -0.123. The van der Waals surface area contributed by atoms with Crippen LogP contribution in [0.2, 0.25) is 0 Å². The summed E-state index contributed by atoms with van der Waals surface area (Å²) < 4.78 is 13.6. The maximum atomic E-state index is 13.6. The Bertz CT molecular complexity index is 1180. The van der Waals surface area contributed by atoms with E-state index >= 15 is 0 Å². The molecule has 1 atom stereocenters. The van der Waals surface area contributed by atoms with Gasteiger partial charge in [-0.25, -0.2) is 4.39 Å². The van der Waals surface area contributed by atoms with Gasteiger partial charge in [-0.05, 0) is 47.4 Å². The Morgan fingerprint density at radius 1 is 1.10 bits per heavy atom. The van der Waals surface area contributed by atoms with Crippen LogP contribution in [0.5, 0.6) is 0 Å². The van der Waals surface area contributed by atoms with Crippen LogP contribution in [0.4, 0.5) is 21.5 Å². The van der Waals surface area contributed by atoms with Crippen molar-refractivity contribution in [2.45, 2.75) is 25.3 Å². The number of rotatable bonds is 4. The van der Waals surface area contributed by atoms with Crippen molar-refractivity contribution in [1.82, 2.24) is 0 Å². The third-order valence-corrected chi connectivity index (χ3v) is 5.99. The number of anilines is 3. The second-order valence-corrected chi connectivity index (χ2v) is 7.98. The maximum Gasteiger partial charge on any atom is 0.232 e. The number of nitrogens with zero attached hydrogens (tertiary/aromatic N) is 1. The van der Waals surface area contributed by atoms with E-state index in [-0.39, 0.29) is 18.2 Å². The molecule has 5 nitrogen and oxygen atoms in total. The topological polar surface area (TPSA) is 61.4 Å². The number of hydrogen-bond acceptors (Lipinski definition) is 3. The van der Waals surface area contributed by atoms with Crippen LogP contribution in [0.1, 0.15) is 29.0 Å². The zero-order valence-electron chi connectivity index (χ0n) is 16.9. The molecule has 0 aromatic heterocycles. The van der Waals surface area contributed by atoms with Crippen molar-refractivity contribution in [2.75, 3.05) is 22.1 Å². The monoisotopic (exact) mass is 415 g/mol. The highest BCUT2D eigenvalue weighted by atomic mass is 19.1. The molecule has 6 heteroatoms. The minimum absolute atomic E-state index is 0.0339. The third-order valence-electron chi connectivity index (χ3n) is 5.99.